The van der Waals surface area contributed by atoms with Gasteiger partial charge in [0, 0.05) is 13.2 Å². The Bertz CT molecular complexity index is 352. The van der Waals surface area contributed by atoms with Crippen LogP contribution in [0.15, 0.2) is 12.1 Å². The van der Waals surface area contributed by atoms with Crippen LogP contribution in [0, 0.1) is 13.8 Å². The van der Waals surface area contributed by atoms with E-state index in [1.165, 1.54) is 5.56 Å². The van der Waals surface area contributed by atoms with Gasteiger partial charge in [0.25, 0.3) is 0 Å². The molecule has 0 aromatic heterocycles. The number of hydrogen-bond acceptors (Lipinski definition) is 3. The second-order valence-corrected chi connectivity index (χ2v) is 5.03. The fourth-order valence-corrected chi connectivity index (χ4v) is 1.90. The molecule has 0 bridgehead atoms. The molecule has 102 valence electrons. The molecule has 0 aliphatic heterocycles. The van der Waals surface area contributed by atoms with Gasteiger partial charge < -0.3 is 15.2 Å². The van der Waals surface area contributed by atoms with Gasteiger partial charge in [-0.25, -0.2) is 0 Å². The van der Waals surface area contributed by atoms with Crippen molar-refractivity contribution < 1.29 is 9.84 Å². The molecule has 1 rings (SSSR count). The van der Waals surface area contributed by atoms with Gasteiger partial charge in [-0.05, 0) is 57.4 Å². The zero-order chi connectivity index (χ0) is 13.5. The summed E-state index contributed by atoms with van der Waals surface area (Å²) in [4.78, 5) is 0. The highest BCUT2D eigenvalue weighted by Crippen LogP contribution is 2.22. The van der Waals surface area contributed by atoms with Crippen LogP contribution >= 0.6 is 0 Å². The summed E-state index contributed by atoms with van der Waals surface area (Å²) in [7, 11) is 0. The van der Waals surface area contributed by atoms with Gasteiger partial charge in [-0.15, -0.1) is 0 Å². The second-order valence-electron chi connectivity index (χ2n) is 5.03. The lowest BCUT2D eigenvalue weighted by Gasteiger charge is -2.10. The number of phenols is 1. The summed E-state index contributed by atoms with van der Waals surface area (Å²) in [5.41, 5.74) is 3.09. The maximum absolute atomic E-state index is 9.69. The Morgan fingerprint density at radius 3 is 2.39 bits per heavy atom. The van der Waals surface area contributed by atoms with E-state index in [2.05, 4.69) is 19.2 Å². The van der Waals surface area contributed by atoms with Crippen molar-refractivity contribution >= 4 is 0 Å². The van der Waals surface area contributed by atoms with Crippen LogP contribution in [-0.4, -0.2) is 24.4 Å². The molecule has 0 atom stereocenters. The summed E-state index contributed by atoms with van der Waals surface area (Å²) in [5, 5.41) is 13.1. The van der Waals surface area contributed by atoms with Gasteiger partial charge in [0.05, 0.1) is 6.10 Å². The normalized spacial score (nSPS) is 11.2. The molecule has 0 heterocycles. The standard InChI is InChI=1S/C15H25NO2/c1-11(2)18-7-5-6-16-10-14-8-12(3)15(17)13(4)9-14/h8-9,11,16-17H,5-7,10H2,1-4H3. The molecule has 1 aromatic rings. The van der Waals surface area contributed by atoms with Crippen LogP contribution in [0.1, 0.15) is 37.0 Å². The third-order valence-corrected chi connectivity index (χ3v) is 2.83. The first-order valence-electron chi connectivity index (χ1n) is 6.62. The third-order valence-electron chi connectivity index (χ3n) is 2.83. The number of aryl methyl sites for hydroxylation is 2. The lowest BCUT2D eigenvalue weighted by molar-refractivity contribution is 0.0770. The molecule has 3 heteroatoms. The van der Waals surface area contributed by atoms with E-state index >= 15 is 0 Å². The highest BCUT2D eigenvalue weighted by molar-refractivity contribution is 5.42. The molecule has 0 amide bonds. The highest BCUT2D eigenvalue weighted by Gasteiger charge is 2.02. The van der Waals surface area contributed by atoms with E-state index < -0.39 is 0 Å². The number of phenolic OH excluding ortho intramolecular Hbond substituents is 1. The largest absolute Gasteiger partial charge is 0.507 e. The van der Waals surface area contributed by atoms with Crippen molar-refractivity contribution in [1.29, 1.82) is 0 Å². The molecular weight excluding hydrogens is 226 g/mol. The molecule has 0 spiro atoms. The third kappa shape index (κ3) is 5.07. The summed E-state index contributed by atoms with van der Waals surface area (Å²) in [6, 6.07) is 4.06. The van der Waals surface area contributed by atoms with E-state index in [1.807, 2.05) is 26.0 Å². The number of ether oxygens (including phenoxy) is 1. The summed E-state index contributed by atoms with van der Waals surface area (Å²) in [6.45, 7) is 10.6. The van der Waals surface area contributed by atoms with Crippen LogP contribution in [0.4, 0.5) is 0 Å². The van der Waals surface area contributed by atoms with Gasteiger partial charge in [0.1, 0.15) is 5.75 Å². The minimum Gasteiger partial charge on any atom is -0.507 e. The molecule has 0 saturated carbocycles. The Labute approximate surface area is 110 Å². The number of hydrogen-bond donors (Lipinski definition) is 2. The Morgan fingerprint density at radius 2 is 1.83 bits per heavy atom. The minimum atomic E-state index is 0.312. The monoisotopic (exact) mass is 251 g/mol. The number of aromatic hydroxyl groups is 1. The highest BCUT2D eigenvalue weighted by atomic mass is 16.5. The summed E-state index contributed by atoms with van der Waals surface area (Å²) >= 11 is 0. The zero-order valence-electron chi connectivity index (χ0n) is 11.9. The van der Waals surface area contributed by atoms with Crippen molar-refractivity contribution in [3.8, 4) is 5.75 Å². The van der Waals surface area contributed by atoms with Crippen LogP contribution < -0.4 is 5.32 Å². The van der Waals surface area contributed by atoms with Crippen molar-refractivity contribution in [1.82, 2.24) is 5.32 Å². The number of nitrogens with one attached hydrogen (secondary N) is 1. The van der Waals surface area contributed by atoms with Gasteiger partial charge in [0.2, 0.25) is 0 Å². The lowest BCUT2D eigenvalue weighted by Crippen LogP contribution is -2.17. The first-order valence-corrected chi connectivity index (χ1v) is 6.62. The lowest BCUT2D eigenvalue weighted by atomic mass is 10.1. The predicted molar refractivity (Wildman–Crippen MR) is 75.0 cm³/mol. The van der Waals surface area contributed by atoms with Crippen molar-refractivity contribution in [2.75, 3.05) is 13.2 Å². The van der Waals surface area contributed by atoms with Crippen LogP contribution in [0.2, 0.25) is 0 Å². The van der Waals surface area contributed by atoms with E-state index in [-0.39, 0.29) is 0 Å². The number of benzene rings is 1. The van der Waals surface area contributed by atoms with E-state index in [9.17, 15) is 5.11 Å². The summed E-state index contributed by atoms with van der Waals surface area (Å²) < 4.78 is 5.48. The van der Waals surface area contributed by atoms with Crippen LogP contribution in [0.3, 0.4) is 0 Å². The molecule has 3 nitrogen and oxygen atoms in total. The smallest absolute Gasteiger partial charge is 0.121 e. The predicted octanol–water partition coefficient (Wildman–Crippen LogP) is 2.91. The van der Waals surface area contributed by atoms with E-state index in [1.54, 1.807) is 0 Å². The second kappa shape index (κ2) is 7.39. The topological polar surface area (TPSA) is 41.5 Å². The Morgan fingerprint density at radius 1 is 1.22 bits per heavy atom. The molecule has 1 aromatic carbocycles. The van der Waals surface area contributed by atoms with Crippen molar-refractivity contribution in [3.63, 3.8) is 0 Å². The maximum Gasteiger partial charge on any atom is 0.121 e. The number of rotatable bonds is 7. The van der Waals surface area contributed by atoms with E-state index in [0.29, 0.717) is 11.9 Å². The maximum atomic E-state index is 9.69. The van der Waals surface area contributed by atoms with Crippen molar-refractivity contribution in [2.45, 2.75) is 46.8 Å². The molecule has 0 fully saturated rings. The summed E-state index contributed by atoms with van der Waals surface area (Å²) in [6.07, 6.45) is 1.33. The molecule has 2 N–H and O–H groups in total. The molecule has 0 aliphatic carbocycles. The van der Waals surface area contributed by atoms with Gasteiger partial charge in [-0.3, -0.25) is 0 Å². The Hall–Kier alpha value is -1.06. The molecule has 18 heavy (non-hydrogen) atoms. The van der Waals surface area contributed by atoms with E-state index in [4.69, 9.17) is 4.74 Å². The van der Waals surface area contributed by atoms with Crippen molar-refractivity contribution in [3.05, 3.63) is 28.8 Å². The van der Waals surface area contributed by atoms with Gasteiger partial charge in [-0.2, -0.15) is 0 Å². The zero-order valence-corrected chi connectivity index (χ0v) is 11.9. The molecule has 0 radical (unpaired) electrons. The average Bonchev–Trinajstić information content (AvgIpc) is 2.30. The minimum absolute atomic E-state index is 0.312. The van der Waals surface area contributed by atoms with Gasteiger partial charge >= 0.3 is 0 Å². The Kier molecular flexibility index (Phi) is 6.16. The Balaban J connectivity index is 2.27. The fourth-order valence-electron chi connectivity index (χ4n) is 1.90. The fraction of sp³-hybridized carbons (Fsp3) is 0.600. The van der Waals surface area contributed by atoms with Crippen LogP contribution in [0.25, 0.3) is 0 Å². The molecule has 0 unspecified atom stereocenters. The van der Waals surface area contributed by atoms with Crippen LogP contribution in [0.5, 0.6) is 5.75 Å². The first kappa shape index (κ1) is 15.0. The average molecular weight is 251 g/mol. The first-order chi connectivity index (χ1) is 8.50. The molecule has 0 saturated heterocycles. The molecular formula is C15H25NO2. The van der Waals surface area contributed by atoms with Crippen LogP contribution in [-0.2, 0) is 11.3 Å². The molecule has 0 aliphatic rings. The quantitative estimate of drug-likeness (QED) is 0.732. The van der Waals surface area contributed by atoms with Gasteiger partial charge in [0.15, 0.2) is 0 Å². The van der Waals surface area contributed by atoms with E-state index in [0.717, 1.165) is 37.2 Å². The SMILES string of the molecule is Cc1cc(CNCCCOC(C)C)cc(C)c1O. The van der Waals surface area contributed by atoms with Gasteiger partial charge in [-0.1, -0.05) is 12.1 Å². The summed E-state index contributed by atoms with van der Waals surface area (Å²) in [5.74, 6) is 0.407. The van der Waals surface area contributed by atoms with Crippen molar-refractivity contribution in [2.24, 2.45) is 0 Å².